The van der Waals surface area contributed by atoms with Crippen LogP contribution >= 0.6 is 0 Å². The van der Waals surface area contributed by atoms with Crippen LogP contribution in [0.15, 0.2) is 34.9 Å². The van der Waals surface area contributed by atoms with E-state index < -0.39 is 0 Å². The van der Waals surface area contributed by atoms with E-state index >= 15 is 0 Å². The number of halogens is 1. The summed E-state index contributed by atoms with van der Waals surface area (Å²) in [5.41, 5.74) is 9.21. The Kier molecular flexibility index (Phi) is 3.82. The van der Waals surface area contributed by atoms with E-state index in [2.05, 4.69) is 0 Å². The smallest absolute Gasteiger partial charge is 0.123 e. The molecule has 0 radical (unpaired) electrons. The minimum atomic E-state index is -0.217. The highest BCUT2D eigenvalue weighted by Crippen LogP contribution is 2.23. The number of aryl methyl sites for hydroxylation is 2. The lowest BCUT2D eigenvalue weighted by Crippen LogP contribution is -2.15. The van der Waals surface area contributed by atoms with Crippen LogP contribution in [0.4, 0.5) is 4.39 Å². The third kappa shape index (κ3) is 2.62. The summed E-state index contributed by atoms with van der Waals surface area (Å²) < 4.78 is 18.6. The van der Waals surface area contributed by atoms with Gasteiger partial charge in [-0.05, 0) is 42.7 Å². The first kappa shape index (κ1) is 12.8. The minimum Gasteiger partial charge on any atom is -0.469 e. The average molecular weight is 247 g/mol. The molecule has 0 spiro atoms. The molecule has 1 heterocycles. The van der Waals surface area contributed by atoms with Gasteiger partial charge in [0.1, 0.15) is 11.6 Å². The number of nitrogens with two attached hydrogens (primary N) is 1. The van der Waals surface area contributed by atoms with Gasteiger partial charge in [0.15, 0.2) is 0 Å². The van der Waals surface area contributed by atoms with E-state index in [1.807, 2.05) is 19.9 Å². The minimum absolute atomic E-state index is 0.154. The fourth-order valence-electron chi connectivity index (χ4n) is 2.18. The molecule has 0 bridgehead atoms. The predicted molar refractivity (Wildman–Crippen MR) is 69.9 cm³/mol. The van der Waals surface area contributed by atoms with Gasteiger partial charge in [0.25, 0.3) is 0 Å². The summed E-state index contributed by atoms with van der Waals surface area (Å²) in [6.45, 7) is 4.00. The molecule has 1 aromatic carbocycles. The number of hydrogen-bond donors (Lipinski definition) is 1. The molecule has 0 fully saturated rings. The molecule has 1 aromatic heterocycles. The highest BCUT2D eigenvalue weighted by Gasteiger charge is 2.14. The van der Waals surface area contributed by atoms with Gasteiger partial charge in [-0.1, -0.05) is 13.0 Å². The quantitative estimate of drug-likeness (QED) is 0.897. The van der Waals surface area contributed by atoms with Crippen LogP contribution in [0.5, 0.6) is 0 Å². The fourth-order valence-corrected chi connectivity index (χ4v) is 2.18. The first-order chi connectivity index (χ1) is 8.61. The zero-order valence-electron chi connectivity index (χ0n) is 10.7. The Bertz CT molecular complexity index is 533. The van der Waals surface area contributed by atoms with E-state index in [9.17, 15) is 4.39 Å². The van der Waals surface area contributed by atoms with Crippen LogP contribution in [0.25, 0.3) is 0 Å². The van der Waals surface area contributed by atoms with E-state index in [1.165, 1.54) is 6.07 Å². The molecule has 18 heavy (non-hydrogen) atoms. The van der Waals surface area contributed by atoms with Crippen molar-refractivity contribution in [2.75, 3.05) is 0 Å². The molecule has 0 saturated carbocycles. The van der Waals surface area contributed by atoms with E-state index in [0.29, 0.717) is 6.42 Å². The summed E-state index contributed by atoms with van der Waals surface area (Å²) in [6.07, 6.45) is 3.10. The molecule has 96 valence electrons. The number of furan rings is 1. The summed E-state index contributed by atoms with van der Waals surface area (Å²) in [5.74, 6) is 0.697. The highest BCUT2D eigenvalue weighted by atomic mass is 19.1. The van der Waals surface area contributed by atoms with Gasteiger partial charge in [0.2, 0.25) is 0 Å². The van der Waals surface area contributed by atoms with Gasteiger partial charge >= 0.3 is 0 Å². The fraction of sp³-hybridized carbons (Fsp3) is 0.333. The van der Waals surface area contributed by atoms with Gasteiger partial charge in [-0.3, -0.25) is 0 Å². The van der Waals surface area contributed by atoms with Crippen molar-refractivity contribution in [1.29, 1.82) is 0 Å². The molecular weight excluding hydrogens is 229 g/mol. The molecule has 0 aliphatic rings. The molecule has 3 heteroatoms. The maximum absolute atomic E-state index is 13.2. The Balaban J connectivity index is 2.21. The Morgan fingerprint density at radius 1 is 1.33 bits per heavy atom. The molecule has 0 saturated heterocycles. The van der Waals surface area contributed by atoms with E-state index in [0.717, 1.165) is 28.9 Å². The summed E-state index contributed by atoms with van der Waals surface area (Å²) in [6, 6.07) is 6.56. The van der Waals surface area contributed by atoms with Crippen molar-refractivity contribution in [2.45, 2.75) is 32.7 Å². The second-order valence-electron chi connectivity index (χ2n) is 4.53. The lowest BCUT2D eigenvalue weighted by molar-refractivity contribution is 0.505. The molecule has 1 atom stereocenters. The maximum Gasteiger partial charge on any atom is 0.123 e. The Morgan fingerprint density at radius 2 is 2.11 bits per heavy atom. The molecule has 2 N–H and O–H groups in total. The van der Waals surface area contributed by atoms with Gasteiger partial charge in [-0.2, -0.15) is 0 Å². The molecule has 0 amide bonds. The standard InChI is InChI=1S/C15H18FNO/c1-3-15-13(6-7-18-15)14(17)9-11-8-12(16)5-4-10(11)2/h4-8,14H,3,9,17H2,1-2H3. The van der Waals surface area contributed by atoms with Crippen LogP contribution in [0, 0.1) is 12.7 Å². The second kappa shape index (κ2) is 5.36. The summed E-state index contributed by atoms with van der Waals surface area (Å²) in [7, 11) is 0. The van der Waals surface area contributed by atoms with Crippen molar-refractivity contribution in [1.82, 2.24) is 0 Å². The van der Waals surface area contributed by atoms with Crippen molar-refractivity contribution in [2.24, 2.45) is 5.73 Å². The molecule has 1 unspecified atom stereocenters. The maximum atomic E-state index is 13.2. The van der Waals surface area contributed by atoms with Gasteiger partial charge in [-0.25, -0.2) is 4.39 Å². The molecule has 2 nitrogen and oxygen atoms in total. The van der Waals surface area contributed by atoms with Crippen molar-refractivity contribution < 1.29 is 8.81 Å². The van der Waals surface area contributed by atoms with Crippen molar-refractivity contribution >= 4 is 0 Å². The van der Waals surface area contributed by atoms with Gasteiger partial charge in [0.05, 0.1) is 6.26 Å². The topological polar surface area (TPSA) is 39.2 Å². The Morgan fingerprint density at radius 3 is 2.83 bits per heavy atom. The van der Waals surface area contributed by atoms with Gasteiger partial charge in [0, 0.05) is 18.0 Å². The van der Waals surface area contributed by atoms with Crippen LogP contribution < -0.4 is 5.73 Å². The number of hydrogen-bond acceptors (Lipinski definition) is 2. The van der Waals surface area contributed by atoms with Crippen LogP contribution in [0.3, 0.4) is 0 Å². The largest absolute Gasteiger partial charge is 0.469 e. The van der Waals surface area contributed by atoms with Crippen LogP contribution in [0.1, 0.15) is 35.4 Å². The lowest BCUT2D eigenvalue weighted by atomic mass is 9.96. The van der Waals surface area contributed by atoms with Crippen molar-refractivity contribution in [3.05, 3.63) is 58.8 Å². The van der Waals surface area contributed by atoms with Crippen LogP contribution in [-0.2, 0) is 12.8 Å². The number of benzene rings is 1. The van der Waals surface area contributed by atoms with Crippen LogP contribution in [-0.4, -0.2) is 0 Å². The van der Waals surface area contributed by atoms with Crippen molar-refractivity contribution in [3.8, 4) is 0 Å². The first-order valence-electron chi connectivity index (χ1n) is 6.18. The van der Waals surface area contributed by atoms with E-state index in [-0.39, 0.29) is 11.9 Å². The van der Waals surface area contributed by atoms with Crippen LogP contribution in [0.2, 0.25) is 0 Å². The normalized spacial score (nSPS) is 12.7. The zero-order valence-corrected chi connectivity index (χ0v) is 10.7. The SMILES string of the molecule is CCc1occc1C(N)Cc1cc(F)ccc1C. The third-order valence-corrected chi connectivity index (χ3v) is 3.25. The van der Waals surface area contributed by atoms with Gasteiger partial charge < -0.3 is 10.2 Å². The molecule has 0 aliphatic carbocycles. The molecule has 0 aliphatic heterocycles. The van der Waals surface area contributed by atoms with E-state index in [1.54, 1.807) is 18.4 Å². The summed E-state index contributed by atoms with van der Waals surface area (Å²) in [4.78, 5) is 0. The third-order valence-electron chi connectivity index (χ3n) is 3.25. The zero-order chi connectivity index (χ0) is 13.1. The number of rotatable bonds is 4. The molecular formula is C15H18FNO. The second-order valence-corrected chi connectivity index (χ2v) is 4.53. The highest BCUT2D eigenvalue weighted by molar-refractivity contribution is 5.30. The van der Waals surface area contributed by atoms with Crippen molar-refractivity contribution in [3.63, 3.8) is 0 Å². The molecule has 2 rings (SSSR count). The summed E-state index contributed by atoms with van der Waals surface area (Å²) >= 11 is 0. The molecule has 2 aromatic rings. The van der Waals surface area contributed by atoms with E-state index in [4.69, 9.17) is 10.2 Å². The average Bonchev–Trinajstić information content (AvgIpc) is 2.82. The summed E-state index contributed by atoms with van der Waals surface area (Å²) in [5, 5.41) is 0. The van der Waals surface area contributed by atoms with Gasteiger partial charge in [-0.15, -0.1) is 0 Å². The Labute approximate surface area is 107 Å². The Hall–Kier alpha value is -1.61. The predicted octanol–water partition coefficient (Wildman–Crippen LogP) is 3.53. The lowest BCUT2D eigenvalue weighted by Gasteiger charge is -2.13. The first-order valence-corrected chi connectivity index (χ1v) is 6.18. The monoisotopic (exact) mass is 247 g/mol.